The first-order valence-electron chi connectivity index (χ1n) is 13.0. The van der Waals surface area contributed by atoms with E-state index in [1.165, 1.54) is 0 Å². The standard InChI is InChI=1S/C32H25N7O2.CH4/c1-20(36-31(40)28-29-23(10-7-16-34-29)19-35-30(28)33)26-18-22-9-6-8-21(13-14-24-15-17-38(2)37-24)27(22)32(41)39(26)25-11-4-3-5-12-25;/h3-12,15-20H,1-2H3,(H2,33,35)(H,36,40);1H4/t20-;/m0./s1. The van der Waals surface area contributed by atoms with Crippen LogP contribution in [0.25, 0.3) is 27.4 Å². The van der Waals surface area contributed by atoms with Crippen LogP contribution in [-0.2, 0) is 7.05 Å². The summed E-state index contributed by atoms with van der Waals surface area (Å²) < 4.78 is 3.29. The second-order valence-electron chi connectivity index (χ2n) is 9.59. The average Bonchev–Trinajstić information content (AvgIpc) is 3.40. The number of amides is 1. The van der Waals surface area contributed by atoms with E-state index in [1.54, 1.807) is 27.7 Å². The fourth-order valence-corrected chi connectivity index (χ4v) is 4.88. The first-order chi connectivity index (χ1) is 19.9. The van der Waals surface area contributed by atoms with Gasteiger partial charge in [-0.3, -0.25) is 23.8 Å². The number of pyridine rings is 3. The lowest BCUT2D eigenvalue weighted by Gasteiger charge is -2.21. The molecule has 0 aliphatic rings. The fourth-order valence-electron chi connectivity index (χ4n) is 4.88. The summed E-state index contributed by atoms with van der Waals surface area (Å²) >= 11 is 0. The Kier molecular flexibility index (Phi) is 7.54. The van der Waals surface area contributed by atoms with Crippen molar-refractivity contribution in [3.05, 3.63) is 124 Å². The Morgan fingerprint density at radius 1 is 0.976 bits per heavy atom. The number of benzene rings is 2. The third-order valence-electron chi connectivity index (χ3n) is 6.82. The van der Waals surface area contributed by atoms with Crippen molar-refractivity contribution in [2.75, 3.05) is 5.73 Å². The maximum Gasteiger partial charge on any atom is 0.264 e. The number of para-hydroxylation sites is 1. The Bertz CT molecular complexity index is 2070. The zero-order chi connectivity index (χ0) is 28.5. The molecule has 0 spiro atoms. The third-order valence-corrected chi connectivity index (χ3v) is 6.82. The van der Waals surface area contributed by atoms with E-state index >= 15 is 0 Å². The molecule has 0 saturated heterocycles. The third kappa shape index (κ3) is 5.09. The number of nitrogens with zero attached hydrogens (tertiary/aromatic N) is 5. The number of carbonyl (C=O) groups is 1. The van der Waals surface area contributed by atoms with Gasteiger partial charge >= 0.3 is 0 Å². The van der Waals surface area contributed by atoms with Crippen molar-refractivity contribution >= 4 is 33.4 Å². The van der Waals surface area contributed by atoms with Gasteiger partial charge in [0.05, 0.1) is 16.9 Å². The fraction of sp³-hybridized carbons (Fsp3) is 0.121. The van der Waals surface area contributed by atoms with Crippen LogP contribution < -0.4 is 16.6 Å². The molecule has 9 nitrogen and oxygen atoms in total. The maximum atomic E-state index is 14.2. The van der Waals surface area contributed by atoms with E-state index in [0.717, 1.165) is 0 Å². The highest BCUT2D eigenvalue weighted by molar-refractivity contribution is 6.09. The molecule has 6 aromatic rings. The molecule has 42 heavy (non-hydrogen) atoms. The van der Waals surface area contributed by atoms with E-state index in [4.69, 9.17) is 5.73 Å². The number of rotatable bonds is 4. The van der Waals surface area contributed by atoms with Crippen LogP contribution in [0.5, 0.6) is 0 Å². The van der Waals surface area contributed by atoms with Gasteiger partial charge in [-0.25, -0.2) is 4.98 Å². The van der Waals surface area contributed by atoms with E-state index < -0.39 is 11.9 Å². The number of nitrogens with two attached hydrogens (primary N) is 1. The van der Waals surface area contributed by atoms with E-state index in [2.05, 4.69) is 32.2 Å². The highest BCUT2D eigenvalue weighted by Crippen LogP contribution is 2.25. The zero-order valence-electron chi connectivity index (χ0n) is 22.4. The molecule has 0 radical (unpaired) electrons. The van der Waals surface area contributed by atoms with Crippen LogP contribution in [0.4, 0.5) is 5.82 Å². The molecule has 1 amide bonds. The van der Waals surface area contributed by atoms with Gasteiger partial charge in [-0.15, -0.1) is 0 Å². The highest BCUT2D eigenvalue weighted by atomic mass is 16.2. The Labute approximate surface area is 242 Å². The van der Waals surface area contributed by atoms with Gasteiger partial charge < -0.3 is 11.1 Å². The summed E-state index contributed by atoms with van der Waals surface area (Å²) in [4.78, 5) is 36.3. The molecule has 0 bridgehead atoms. The Hall–Kier alpha value is -5.75. The highest BCUT2D eigenvalue weighted by Gasteiger charge is 2.22. The molecule has 6 rings (SSSR count). The monoisotopic (exact) mass is 555 g/mol. The van der Waals surface area contributed by atoms with E-state index in [-0.39, 0.29) is 24.4 Å². The normalized spacial score (nSPS) is 11.4. The van der Waals surface area contributed by atoms with Crippen molar-refractivity contribution in [3.63, 3.8) is 0 Å². The van der Waals surface area contributed by atoms with E-state index in [9.17, 15) is 9.59 Å². The predicted molar refractivity (Wildman–Crippen MR) is 165 cm³/mol. The molecule has 3 N–H and O–H groups in total. The minimum Gasteiger partial charge on any atom is -0.383 e. The summed E-state index contributed by atoms with van der Waals surface area (Å²) in [5.74, 6) is 5.82. The van der Waals surface area contributed by atoms with Crippen LogP contribution in [0, 0.1) is 11.8 Å². The number of aromatic nitrogens is 5. The second-order valence-corrected chi connectivity index (χ2v) is 9.59. The first kappa shape index (κ1) is 27.8. The zero-order valence-corrected chi connectivity index (χ0v) is 22.4. The molecule has 1 atom stereocenters. The molecule has 0 aliphatic heterocycles. The van der Waals surface area contributed by atoms with Crippen molar-refractivity contribution in [1.29, 1.82) is 0 Å². The largest absolute Gasteiger partial charge is 0.383 e. The molecule has 9 heteroatoms. The van der Waals surface area contributed by atoms with Crippen LogP contribution in [0.15, 0.2) is 96.2 Å². The van der Waals surface area contributed by atoms with Crippen molar-refractivity contribution in [3.8, 4) is 17.5 Å². The summed E-state index contributed by atoms with van der Waals surface area (Å²) in [6.07, 6.45) is 5.00. The molecule has 4 aromatic heterocycles. The van der Waals surface area contributed by atoms with Gasteiger partial charge in [0.25, 0.3) is 11.5 Å². The lowest BCUT2D eigenvalue weighted by Crippen LogP contribution is -2.33. The number of fused-ring (bicyclic) bond motifs is 2. The summed E-state index contributed by atoms with van der Waals surface area (Å²) in [5.41, 5.74) is 8.98. The summed E-state index contributed by atoms with van der Waals surface area (Å²) in [6, 6.07) is 21.6. The topological polar surface area (TPSA) is 121 Å². The number of hydrogen-bond donors (Lipinski definition) is 2. The minimum atomic E-state index is -0.582. The van der Waals surface area contributed by atoms with Gasteiger partial charge in [-0.2, -0.15) is 5.10 Å². The second kappa shape index (κ2) is 11.4. The molecule has 208 valence electrons. The number of nitrogens with one attached hydrogen (secondary N) is 1. The number of anilines is 1. The van der Waals surface area contributed by atoms with Crippen LogP contribution in [-0.4, -0.2) is 30.2 Å². The molecule has 2 aromatic carbocycles. The summed E-state index contributed by atoms with van der Waals surface area (Å²) in [6.45, 7) is 1.82. The smallest absolute Gasteiger partial charge is 0.264 e. The number of aryl methyl sites for hydroxylation is 1. The van der Waals surface area contributed by atoms with Gasteiger partial charge in [0.1, 0.15) is 17.1 Å². The van der Waals surface area contributed by atoms with Gasteiger partial charge in [0, 0.05) is 48.0 Å². The SMILES string of the molecule is C.C[C@H](NC(=O)c1c(N)ncc2cccnc12)c1cc2cccc(C#Cc3ccn(C)n3)c2c(=O)n1-c1ccccc1. The summed E-state index contributed by atoms with van der Waals surface area (Å²) in [5, 5.41) is 9.21. The molecule has 4 heterocycles. The molecular weight excluding hydrogens is 526 g/mol. The Morgan fingerprint density at radius 2 is 1.76 bits per heavy atom. The van der Waals surface area contributed by atoms with Gasteiger partial charge in [0.15, 0.2) is 0 Å². The van der Waals surface area contributed by atoms with E-state index in [0.29, 0.717) is 44.3 Å². The van der Waals surface area contributed by atoms with Crippen molar-refractivity contribution in [1.82, 2.24) is 29.6 Å². The van der Waals surface area contributed by atoms with Crippen LogP contribution >= 0.6 is 0 Å². The number of hydrogen-bond acceptors (Lipinski definition) is 6. The maximum absolute atomic E-state index is 14.2. The quantitative estimate of drug-likeness (QED) is 0.302. The lowest BCUT2D eigenvalue weighted by atomic mass is 10.0. The number of carbonyl (C=O) groups excluding carboxylic acids is 1. The molecule has 0 aliphatic carbocycles. The summed E-state index contributed by atoms with van der Waals surface area (Å²) in [7, 11) is 1.82. The van der Waals surface area contributed by atoms with Crippen LogP contribution in [0.3, 0.4) is 0 Å². The Balaban J connectivity index is 0.00000353. The average molecular weight is 556 g/mol. The first-order valence-corrected chi connectivity index (χ1v) is 13.0. The van der Waals surface area contributed by atoms with E-state index in [1.807, 2.05) is 86.9 Å². The van der Waals surface area contributed by atoms with Crippen LogP contribution in [0.2, 0.25) is 0 Å². The number of nitrogen functional groups attached to an aromatic ring is 1. The van der Waals surface area contributed by atoms with Gasteiger partial charge in [-0.1, -0.05) is 43.7 Å². The van der Waals surface area contributed by atoms with Gasteiger partial charge in [0.2, 0.25) is 0 Å². The molecule has 0 saturated carbocycles. The van der Waals surface area contributed by atoms with Crippen molar-refractivity contribution in [2.24, 2.45) is 7.05 Å². The van der Waals surface area contributed by atoms with Crippen molar-refractivity contribution in [2.45, 2.75) is 20.4 Å². The van der Waals surface area contributed by atoms with Crippen LogP contribution in [0.1, 0.15) is 47.7 Å². The molecular formula is C33H29N7O2. The van der Waals surface area contributed by atoms with Gasteiger partial charge in [-0.05, 0) is 60.7 Å². The lowest BCUT2D eigenvalue weighted by molar-refractivity contribution is 0.0941. The predicted octanol–water partition coefficient (Wildman–Crippen LogP) is 4.78. The van der Waals surface area contributed by atoms with Crippen molar-refractivity contribution < 1.29 is 4.79 Å². The minimum absolute atomic E-state index is 0. The molecule has 0 fully saturated rings. The molecule has 0 unspecified atom stereocenters. The Morgan fingerprint density at radius 3 is 2.52 bits per heavy atom.